The molecule has 0 aromatic heterocycles. The van der Waals surface area contributed by atoms with E-state index >= 15 is 0 Å². The Morgan fingerprint density at radius 3 is 3.00 bits per heavy atom. The highest BCUT2D eigenvalue weighted by atomic mass is 79.9. The van der Waals surface area contributed by atoms with E-state index in [1.807, 2.05) is 0 Å². The van der Waals surface area contributed by atoms with E-state index in [0.717, 1.165) is 4.47 Å². The SMILES string of the molecule is CC(Oc1ccc(Br)cc1C=NN=C1NC(=O)CS1)C(=O)O. The van der Waals surface area contributed by atoms with Gasteiger partial charge in [-0.15, -0.1) is 5.10 Å². The molecule has 0 radical (unpaired) electrons. The van der Waals surface area contributed by atoms with Crippen LogP contribution in [0.25, 0.3) is 0 Å². The first-order valence-electron chi connectivity index (χ1n) is 6.18. The molecule has 1 aliphatic rings. The average molecular weight is 386 g/mol. The van der Waals surface area contributed by atoms with E-state index in [0.29, 0.717) is 22.2 Å². The number of carbonyl (C=O) groups excluding carboxylic acids is 1. The van der Waals surface area contributed by atoms with Crippen molar-refractivity contribution in [2.75, 3.05) is 5.75 Å². The molecule has 0 spiro atoms. The van der Waals surface area contributed by atoms with Crippen LogP contribution in [0, 0.1) is 0 Å². The van der Waals surface area contributed by atoms with Gasteiger partial charge in [0, 0.05) is 10.0 Å². The maximum absolute atomic E-state index is 11.0. The van der Waals surface area contributed by atoms with Crippen molar-refractivity contribution >= 4 is 51.0 Å². The molecule has 1 atom stereocenters. The number of hydrogen-bond donors (Lipinski definition) is 2. The largest absolute Gasteiger partial charge is 0.479 e. The summed E-state index contributed by atoms with van der Waals surface area (Å²) in [5, 5.41) is 19.7. The van der Waals surface area contributed by atoms with Gasteiger partial charge in [-0.05, 0) is 25.1 Å². The lowest BCUT2D eigenvalue weighted by atomic mass is 10.2. The van der Waals surface area contributed by atoms with Crippen LogP contribution in [0.5, 0.6) is 5.75 Å². The fraction of sp³-hybridized carbons (Fsp3) is 0.231. The summed E-state index contributed by atoms with van der Waals surface area (Å²) in [5.41, 5.74) is 0.571. The molecular formula is C13H12BrN3O4S. The molecule has 1 amide bonds. The summed E-state index contributed by atoms with van der Waals surface area (Å²) in [5.74, 6) is -0.461. The minimum Gasteiger partial charge on any atom is -0.479 e. The molecule has 1 heterocycles. The molecule has 1 aromatic rings. The maximum atomic E-state index is 11.0. The molecule has 9 heteroatoms. The molecule has 1 aliphatic heterocycles. The van der Waals surface area contributed by atoms with Crippen molar-refractivity contribution in [1.29, 1.82) is 0 Å². The van der Waals surface area contributed by atoms with E-state index in [1.165, 1.54) is 24.9 Å². The second-order valence-electron chi connectivity index (χ2n) is 4.27. The molecule has 2 N–H and O–H groups in total. The number of aliphatic carboxylic acids is 1. The standard InChI is InChI=1S/C13H12BrN3O4S/c1-7(12(19)20)21-10-3-2-9(14)4-8(10)5-15-17-13-16-11(18)6-22-13/h2-5,7H,6H2,1H3,(H,19,20)(H,16,17,18). The molecule has 1 fully saturated rings. The Morgan fingerprint density at radius 1 is 1.59 bits per heavy atom. The van der Waals surface area contributed by atoms with Crippen LogP contribution in [0.3, 0.4) is 0 Å². The van der Waals surface area contributed by atoms with E-state index in [9.17, 15) is 9.59 Å². The van der Waals surface area contributed by atoms with E-state index in [-0.39, 0.29) is 5.91 Å². The molecule has 7 nitrogen and oxygen atoms in total. The number of carboxylic acids is 1. The van der Waals surface area contributed by atoms with Crippen molar-refractivity contribution in [2.45, 2.75) is 13.0 Å². The second-order valence-corrected chi connectivity index (χ2v) is 6.15. The van der Waals surface area contributed by atoms with Crippen LogP contribution < -0.4 is 10.1 Å². The lowest BCUT2D eigenvalue weighted by Gasteiger charge is -2.12. The quantitative estimate of drug-likeness (QED) is 0.594. The Labute approximate surface area is 139 Å². The molecule has 0 aliphatic carbocycles. The third kappa shape index (κ3) is 4.57. The zero-order valence-electron chi connectivity index (χ0n) is 11.4. The Hall–Kier alpha value is -1.87. The van der Waals surface area contributed by atoms with E-state index in [4.69, 9.17) is 9.84 Å². The second kappa shape index (κ2) is 7.41. The first kappa shape index (κ1) is 16.5. The highest BCUT2D eigenvalue weighted by Gasteiger charge is 2.16. The Balaban J connectivity index is 2.16. The number of amides is 1. The van der Waals surface area contributed by atoms with Gasteiger partial charge in [0.25, 0.3) is 0 Å². The molecule has 116 valence electrons. The lowest BCUT2D eigenvalue weighted by molar-refractivity contribution is -0.144. The number of ether oxygens (including phenoxy) is 1. The fourth-order valence-corrected chi connectivity index (χ4v) is 2.50. The van der Waals surface area contributed by atoms with E-state index in [2.05, 4.69) is 31.4 Å². The number of carboxylic acid groups (broad SMARTS) is 1. The van der Waals surface area contributed by atoms with Gasteiger partial charge in [-0.25, -0.2) is 4.79 Å². The van der Waals surface area contributed by atoms with Crippen LogP contribution in [0.2, 0.25) is 0 Å². The van der Waals surface area contributed by atoms with Crippen LogP contribution in [0.4, 0.5) is 0 Å². The van der Waals surface area contributed by atoms with Crippen molar-refractivity contribution in [3.63, 3.8) is 0 Å². The molecule has 2 rings (SSSR count). The van der Waals surface area contributed by atoms with Gasteiger partial charge in [0.1, 0.15) is 5.75 Å². The first-order chi connectivity index (χ1) is 10.5. The van der Waals surface area contributed by atoms with Crippen molar-refractivity contribution in [3.8, 4) is 5.75 Å². The monoisotopic (exact) mass is 385 g/mol. The number of benzene rings is 1. The van der Waals surface area contributed by atoms with E-state index in [1.54, 1.807) is 18.2 Å². The number of hydrogen-bond acceptors (Lipinski definition) is 6. The van der Waals surface area contributed by atoms with Crippen LogP contribution in [-0.2, 0) is 9.59 Å². The number of halogens is 1. The summed E-state index contributed by atoms with van der Waals surface area (Å²) in [6.07, 6.45) is 0.455. The van der Waals surface area contributed by atoms with Gasteiger partial charge < -0.3 is 15.2 Å². The van der Waals surface area contributed by atoms with Crippen LogP contribution in [0.15, 0.2) is 32.9 Å². The first-order valence-corrected chi connectivity index (χ1v) is 7.96. The molecule has 22 heavy (non-hydrogen) atoms. The number of nitrogens with zero attached hydrogens (tertiary/aromatic N) is 2. The van der Waals surface area contributed by atoms with Crippen LogP contribution in [-0.4, -0.2) is 40.2 Å². The van der Waals surface area contributed by atoms with Gasteiger partial charge in [0.2, 0.25) is 5.91 Å². The number of nitrogens with one attached hydrogen (secondary N) is 1. The van der Waals surface area contributed by atoms with Gasteiger partial charge >= 0.3 is 5.97 Å². The van der Waals surface area contributed by atoms with Crippen molar-refractivity contribution < 1.29 is 19.4 Å². The molecule has 1 aromatic carbocycles. The minimum atomic E-state index is -1.06. The van der Waals surface area contributed by atoms with Gasteiger partial charge in [-0.3, -0.25) is 4.79 Å². The van der Waals surface area contributed by atoms with Crippen molar-refractivity contribution in [2.24, 2.45) is 10.2 Å². The molecule has 1 saturated heterocycles. The highest BCUT2D eigenvalue weighted by Crippen LogP contribution is 2.23. The number of amidine groups is 1. The van der Waals surface area contributed by atoms with Gasteiger partial charge in [0.05, 0.1) is 12.0 Å². The third-order valence-electron chi connectivity index (χ3n) is 2.56. The van der Waals surface area contributed by atoms with Crippen molar-refractivity contribution in [1.82, 2.24) is 5.32 Å². The minimum absolute atomic E-state index is 0.110. The fourth-order valence-electron chi connectivity index (χ4n) is 1.49. The predicted molar refractivity (Wildman–Crippen MR) is 87.5 cm³/mol. The molecule has 1 unspecified atom stereocenters. The third-order valence-corrected chi connectivity index (χ3v) is 3.91. The lowest BCUT2D eigenvalue weighted by Crippen LogP contribution is -2.23. The van der Waals surface area contributed by atoms with Gasteiger partial charge in [-0.1, -0.05) is 27.7 Å². The zero-order chi connectivity index (χ0) is 16.1. The summed E-state index contributed by atoms with van der Waals surface area (Å²) >= 11 is 4.59. The average Bonchev–Trinajstić information content (AvgIpc) is 2.87. The van der Waals surface area contributed by atoms with Crippen LogP contribution in [0.1, 0.15) is 12.5 Å². The topological polar surface area (TPSA) is 100 Å². The highest BCUT2D eigenvalue weighted by molar-refractivity contribution is 9.10. The van der Waals surface area contributed by atoms with Gasteiger partial charge in [0.15, 0.2) is 11.3 Å². The number of carbonyl (C=O) groups is 2. The Kier molecular flexibility index (Phi) is 5.56. The van der Waals surface area contributed by atoms with Crippen molar-refractivity contribution in [3.05, 3.63) is 28.2 Å². The van der Waals surface area contributed by atoms with E-state index < -0.39 is 12.1 Å². The molecule has 0 saturated carbocycles. The summed E-state index contributed by atoms with van der Waals surface area (Å²) < 4.78 is 6.16. The number of thioether (sulfide) groups is 1. The molecular weight excluding hydrogens is 374 g/mol. The molecule has 0 bridgehead atoms. The number of rotatable bonds is 5. The Morgan fingerprint density at radius 2 is 2.36 bits per heavy atom. The normalized spacial score (nSPS) is 17.7. The Bertz CT molecular complexity index is 663. The van der Waals surface area contributed by atoms with Crippen LogP contribution >= 0.6 is 27.7 Å². The summed E-state index contributed by atoms with van der Waals surface area (Å²) in [6, 6.07) is 5.11. The zero-order valence-corrected chi connectivity index (χ0v) is 13.8. The summed E-state index contributed by atoms with van der Waals surface area (Å²) in [7, 11) is 0. The smallest absolute Gasteiger partial charge is 0.344 e. The van der Waals surface area contributed by atoms with Gasteiger partial charge in [-0.2, -0.15) is 5.10 Å². The maximum Gasteiger partial charge on any atom is 0.344 e. The summed E-state index contributed by atoms with van der Waals surface area (Å²) in [6.45, 7) is 1.44. The predicted octanol–water partition coefficient (Wildman–Crippen LogP) is 1.85. The summed E-state index contributed by atoms with van der Waals surface area (Å²) in [4.78, 5) is 21.9.